The molecule has 0 bridgehead atoms. The van der Waals surface area contributed by atoms with Gasteiger partial charge in [0, 0.05) is 5.56 Å². The molecule has 0 saturated carbocycles. The van der Waals surface area contributed by atoms with E-state index in [0.717, 1.165) is 0 Å². The Kier molecular flexibility index (Phi) is 6.77. The second-order valence-electron chi connectivity index (χ2n) is 7.14. The smallest absolute Gasteiger partial charge is 0.361 e. The first-order chi connectivity index (χ1) is 16.5. The molecule has 10 nitrogen and oxygen atoms in total. The minimum Gasteiger partial charge on any atom is -0.497 e. The Balaban J connectivity index is 1.48. The average Bonchev–Trinajstić information content (AvgIpc) is 3.50. The van der Waals surface area contributed by atoms with Gasteiger partial charge >= 0.3 is 5.97 Å². The highest BCUT2D eigenvalue weighted by Gasteiger charge is 2.19. The van der Waals surface area contributed by atoms with Crippen LogP contribution < -0.4 is 14.2 Å². The third-order valence-corrected chi connectivity index (χ3v) is 5.05. The van der Waals surface area contributed by atoms with Crippen LogP contribution in [0.25, 0.3) is 22.7 Å². The first-order valence-corrected chi connectivity index (χ1v) is 10.5. The number of methoxy groups -OCH3 is 2. The first kappa shape index (κ1) is 22.8. The normalized spacial score (nSPS) is 10.7. The summed E-state index contributed by atoms with van der Waals surface area (Å²) in [6, 6.07) is 12.5. The number of benzene rings is 2. The van der Waals surface area contributed by atoms with Crippen molar-refractivity contribution >= 4 is 5.97 Å². The summed E-state index contributed by atoms with van der Waals surface area (Å²) in [6.45, 7) is 4.02. The van der Waals surface area contributed by atoms with E-state index < -0.39 is 5.97 Å². The van der Waals surface area contributed by atoms with Crippen molar-refractivity contribution in [1.29, 1.82) is 0 Å². The molecule has 34 heavy (non-hydrogen) atoms. The molecular formula is C24H24N4O6. The molecule has 0 atom stereocenters. The zero-order valence-electron chi connectivity index (χ0n) is 19.2. The average molecular weight is 464 g/mol. The molecule has 0 radical (unpaired) electrons. The minimum atomic E-state index is -0.531. The van der Waals surface area contributed by atoms with E-state index in [9.17, 15) is 4.79 Å². The Bertz CT molecular complexity index is 1280. The van der Waals surface area contributed by atoms with Crippen molar-refractivity contribution in [2.75, 3.05) is 20.8 Å². The molecule has 1 N–H and O–H groups in total. The lowest BCUT2D eigenvalue weighted by Crippen LogP contribution is -2.06. The van der Waals surface area contributed by atoms with E-state index in [1.807, 2.05) is 13.0 Å². The summed E-state index contributed by atoms with van der Waals surface area (Å²) in [5.41, 5.74) is 2.59. The molecular weight excluding hydrogens is 440 g/mol. The number of oxazole rings is 1. The van der Waals surface area contributed by atoms with Crippen molar-refractivity contribution in [2.24, 2.45) is 0 Å². The van der Waals surface area contributed by atoms with E-state index in [0.29, 0.717) is 51.4 Å². The van der Waals surface area contributed by atoms with Crippen LogP contribution in [-0.2, 0) is 11.3 Å². The standard InChI is InChI=1S/C24H24N4O6/c1-5-32-24(29)22-21(26-28-27-22)15-6-8-16(9-7-15)33-13-19-14(2)34-23(25-19)18-12-17(30-3)10-11-20(18)31-4/h6-12H,5,13H2,1-4H3,(H,26,27,28). The highest BCUT2D eigenvalue weighted by molar-refractivity contribution is 5.93. The molecule has 176 valence electrons. The molecule has 0 amide bonds. The topological polar surface area (TPSA) is 122 Å². The highest BCUT2D eigenvalue weighted by Crippen LogP contribution is 2.34. The van der Waals surface area contributed by atoms with Crippen molar-refractivity contribution < 1.29 is 28.2 Å². The lowest BCUT2D eigenvalue weighted by Gasteiger charge is -2.07. The number of aromatic amines is 1. The van der Waals surface area contributed by atoms with Crippen LogP contribution in [0, 0.1) is 6.92 Å². The van der Waals surface area contributed by atoms with Gasteiger partial charge in [-0.05, 0) is 56.3 Å². The van der Waals surface area contributed by atoms with Gasteiger partial charge in [-0.3, -0.25) is 0 Å². The fourth-order valence-corrected chi connectivity index (χ4v) is 3.29. The van der Waals surface area contributed by atoms with Crippen LogP contribution in [0.4, 0.5) is 0 Å². The molecule has 2 heterocycles. The molecule has 0 aliphatic heterocycles. The number of H-pyrrole nitrogens is 1. The van der Waals surface area contributed by atoms with E-state index in [1.54, 1.807) is 57.5 Å². The maximum atomic E-state index is 12.0. The second kappa shape index (κ2) is 10.1. The van der Waals surface area contributed by atoms with Gasteiger partial charge in [-0.2, -0.15) is 10.3 Å². The Labute approximate surface area is 195 Å². The van der Waals surface area contributed by atoms with E-state index in [4.69, 9.17) is 23.4 Å². The summed E-state index contributed by atoms with van der Waals surface area (Å²) in [7, 11) is 3.18. The number of carbonyl (C=O) groups excluding carboxylic acids is 1. The molecule has 2 aromatic heterocycles. The molecule has 4 aromatic rings. The summed E-state index contributed by atoms with van der Waals surface area (Å²) in [5, 5.41) is 10.4. The zero-order chi connectivity index (χ0) is 24.1. The number of aromatic nitrogens is 4. The molecule has 10 heteroatoms. The van der Waals surface area contributed by atoms with Gasteiger partial charge in [-0.1, -0.05) is 0 Å². The van der Waals surface area contributed by atoms with Crippen LogP contribution in [0.2, 0.25) is 0 Å². The predicted molar refractivity (Wildman–Crippen MR) is 122 cm³/mol. The fourth-order valence-electron chi connectivity index (χ4n) is 3.29. The van der Waals surface area contributed by atoms with Crippen LogP contribution in [0.5, 0.6) is 17.2 Å². The van der Waals surface area contributed by atoms with Gasteiger partial charge in [0.05, 0.1) is 26.4 Å². The predicted octanol–water partition coefficient (Wildman–Crippen LogP) is 4.21. The Morgan fingerprint density at radius 3 is 2.50 bits per heavy atom. The number of nitrogens with zero attached hydrogens (tertiary/aromatic N) is 3. The van der Waals surface area contributed by atoms with Crippen molar-refractivity contribution in [3.8, 4) is 40.0 Å². The van der Waals surface area contributed by atoms with Gasteiger partial charge in [0.2, 0.25) is 5.89 Å². The maximum Gasteiger partial charge on any atom is 0.361 e. The van der Waals surface area contributed by atoms with Crippen LogP contribution in [0.1, 0.15) is 28.9 Å². The number of hydrogen-bond donors (Lipinski definition) is 1. The Morgan fingerprint density at radius 2 is 1.79 bits per heavy atom. The molecule has 0 fully saturated rings. The van der Waals surface area contributed by atoms with Crippen molar-refractivity contribution in [1.82, 2.24) is 20.4 Å². The fraction of sp³-hybridized carbons (Fsp3) is 0.250. The van der Waals surface area contributed by atoms with Gasteiger partial charge in [0.15, 0.2) is 5.69 Å². The number of esters is 1. The third kappa shape index (κ3) is 4.70. The number of carbonyl (C=O) groups is 1. The molecule has 2 aromatic carbocycles. The van der Waals surface area contributed by atoms with Gasteiger partial charge in [0.1, 0.15) is 41.0 Å². The second-order valence-corrected chi connectivity index (χ2v) is 7.14. The van der Waals surface area contributed by atoms with Crippen LogP contribution >= 0.6 is 0 Å². The lowest BCUT2D eigenvalue weighted by molar-refractivity contribution is 0.0520. The molecule has 0 aliphatic rings. The number of nitrogens with one attached hydrogen (secondary N) is 1. The maximum absolute atomic E-state index is 12.0. The van der Waals surface area contributed by atoms with E-state index in [-0.39, 0.29) is 18.9 Å². The molecule has 0 spiro atoms. The van der Waals surface area contributed by atoms with E-state index in [1.165, 1.54) is 0 Å². The van der Waals surface area contributed by atoms with E-state index in [2.05, 4.69) is 20.4 Å². The van der Waals surface area contributed by atoms with Gasteiger partial charge < -0.3 is 23.4 Å². The largest absolute Gasteiger partial charge is 0.497 e. The van der Waals surface area contributed by atoms with Crippen LogP contribution in [0.15, 0.2) is 46.9 Å². The van der Waals surface area contributed by atoms with E-state index >= 15 is 0 Å². The first-order valence-electron chi connectivity index (χ1n) is 10.5. The third-order valence-electron chi connectivity index (χ3n) is 5.05. The molecule has 0 unspecified atom stereocenters. The van der Waals surface area contributed by atoms with Crippen molar-refractivity contribution in [2.45, 2.75) is 20.5 Å². The number of aryl methyl sites for hydroxylation is 1. The molecule has 0 aliphatic carbocycles. The van der Waals surface area contributed by atoms with Gasteiger partial charge in [-0.25, -0.2) is 9.78 Å². The number of rotatable bonds is 9. The summed E-state index contributed by atoms with van der Waals surface area (Å²) in [5.74, 6) is 2.44. The SMILES string of the molecule is CCOC(=O)c1n[nH]nc1-c1ccc(OCc2nc(-c3cc(OC)ccc3OC)oc2C)cc1. The van der Waals surface area contributed by atoms with Crippen molar-refractivity contribution in [3.63, 3.8) is 0 Å². The number of ether oxygens (including phenoxy) is 4. The summed E-state index contributed by atoms with van der Waals surface area (Å²) >= 11 is 0. The van der Waals surface area contributed by atoms with Gasteiger partial charge in [-0.15, -0.1) is 5.10 Å². The Morgan fingerprint density at radius 1 is 1.03 bits per heavy atom. The summed E-state index contributed by atoms with van der Waals surface area (Å²) < 4.78 is 27.5. The highest BCUT2D eigenvalue weighted by atomic mass is 16.5. The Hall–Kier alpha value is -4.34. The molecule has 0 saturated heterocycles. The number of hydrogen-bond acceptors (Lipinski definition) is 9. The lowest BCUT2D eigenvalue weighted by atomic mass is 10.1. The monoisotopic (exact) mass is 464 g/mol. The van der Waals surface area contributed by atoms with Crippen molar-refractivity contribution in [3.05, 3.63) is 59.6 Å². The van der Waals surface area contributed by atoms with Crippen LogP contribution in [0.3, 0.4) is 0 Å². The van der Waals surface area contributed by atoms with Gasteiger partial charge in [0.25, 0.3) is 0 Å². The molecule has 4 rings (SSSR count). The summed E-state index contributed by atoms with van der Waals surface area (Å²) in [4.78, 5) is 16.6. The quantitative estimate of drug-likeness (QED) is 0.363. The minimum absolute atomic E-state index is 0.134. The zero-order valence-corrected chi connectivity index (χ0v) is 19.2. The van der Waals surface area contributed by atoms with Crippen LogP contribution in [-0.4, -0.2) is 47.2 Å². The summed E-state index contributed by atoms with van der Waals surface area (Å²) in [6.07, 6.45) is 0.